The molecular weight excluding hydrogens is 278 g/mol. The lowest BCUT2D eigenvalue weighted by molar-refractivity contribution is 0.417. The molecule has 0 aliphatic rings. The van der Waals surface area contributed by atoms with Crippen molar-refractivity contribution in [1.29, 1.82) is 0 Å². The Morgan fingerprint density at radius 1 is 1.36 bits per heavy atom. The largest absolute Gasteiger partial charge is 0.495 e. The number of ether oxygens (including phenoxy) is 1. The fourth-order valence-electron chi connectivity index (χ4n) is 2.25. The maximum Gasteiger partial charge on any atom is 0.193 e. The van der Waals surface area contributed by atoms with E-state index in [1.165, 1.54) is 5.69 Å². The van der Waals surface area contributed by atoms with Crippen molar-refractivity contribution in [2.75, 3.05) is 19.0 Å². The third-order valence-corrected chi connectivity index (χ3v) is 3.28. The molecule has 0 amide bonds. The number of rotatable bonds is 6. The minimum atomic E-state index is 0.387. The predicted molar refractivity (Wildman–Crippen MR) is 89.4 cm³/mol. The van der Waals surface area contributed by atoms with Crippen LogP contribution in [0.3, 0.4) is 0 Å². The number of benzene rings is 1. The molecule has 6 nitrogen and oxygen atoms in total. The van der Waals surface area contributed by atoms with E-state index in [9.17, 15) is 0 Å². The summed E-state index contributed by atoms with van der Waals surface area (Å²) in [5.74, 6) is 1.13. The van der Waals surface area contributed by atoms with E-state index in [1.54, 1.807) is 7.11 Å². The fourth-order valence-corrected chi connectivity index (χ4v) is 2.25. The van der Waals surface area contributed by atoms with Crippen molar-refractivity contribution in [3.05, 3.63) is 41.7 Å². The molecule has 1 aromatic heterocycles. The number of anilines is 1. The minimum absolute atomic E-state index is 0.387. The molecule has 2 aromatic rings. The second-order valence-corrected chi connectivity index (χ2v) is 5.10. The molecule has 3 N–H and O–H groups in total. The lowest BCUT2D eigenvalue weighted by atomic mass is 10.3. The Balaban J connectivity index is 1.84. The van der Waals surface area contributed by atoms with Crippen LogP contribution in [0.15, 0.2) is 35.3 Å². The van der Waals surface area contributed by atoms with Crippen LogP contribution in [0.4, 0.5) is 5.69 Å². The summed E-state index contributed by atoms with van der Waals surface area (Å²) in [6.07, 6.45) is 0.885. The summed E-state index contributed by atoms with van der Waals surface area (Å²) in [5.41, 5.74) is 8.92. The van der Waals surface area contributed by atoms with Crippen molar-refractivity contribution in [3.63, 3.8) is 0 Å². The second kappa shape index (κ2) is 7.49. The Hall–Kier alpha value is -2.50. The molecule has 0 aliphatic carbocycles. The van der Waals surface area contributed by atoms with Crippen LogP contribution in [0.1, 0.15) is 17.8 Å². The van der Waals surface area contributed by atoms with Gasteiger partial charge < -0.3 is 15.8 Å². The Bertz CT molecular complexity index is 648. The molecule has 0 unspecified atom stereocenters. The highest BCUT2D eigenvalue weighted by molar-refractivity contribution is 5.93. The number of guanidine groups is 1. The van der Waals surface area contributed by atoms with Gasteiger partial charge in [0.2, 0.25) is 0 Å². The van der Waals surface area contributed by atoms with Gasteiger partial charge in [-0.2, -0.15) is 5.10 Å². The molecule has 0 saturated carbocycles. The first-order chi connectivity index (χ1) is 10.6. The van der Waals surface area contributed by atoms with Gasteiger partial charge in [-0.3, -0.25) is 9.67 Å². The first-order valence-electron chi connectivity index (χ1n) is 7.31. The molecule has 6 heteroatoms. The Morgan fingerprint density at radius 3 is 2.82 bits per heavy atom. The number of nitrogens with zero attached hydrogens (tertiary/aromatic N) is 3. The number of nitrogens with two attached hydrogens (primary N) is 1. The summed E-state index contributed by atoms with van der Waals surface area (Å²) in [5, 5.41) is 7.48. The van der Waals surface area contributed by atoms with Crippen LogP contribution < -0.4 is 15.8 Å². The van der Waals surface area contributed by atoms with Gasteiger partial charge in [0.05, 0.1) is 18.5 Å². The topological polar surface area (TPSA) is 77.5 Å². The van der Waals surface area contributed by atoms with E-state index >= 15 is 0 Å². The van der Waals surface area contributed by atoms with Gasteiger partial charge in [-0.1, -0.05) is 12.1 Å². The number of aliphatic imine (C=N–C) groups is 1. The zero-order chi connectivity index (χ0) is 15.9. The number of para-hydroxylation sites is 2. The van der Waals surface area contributed by atoms with Gasteiger partial charge in [0.1, 0.15) is 5.75 Å². The average molecular weight is 301 g/mol. The van der Waals surface area contributed by atoms with Gasteiger partial charge in [0.15, 0.2) is 5.96 Å². The molecule has 0 radical (unpaired) electrons. The Morgan fingerprint density at radius 2 is 2.14 bits per heavy atom. The van der Waals surface area contributed by atoms with E-state index in [4.69, 9.17) is 10.5 Å². The molecule has 0 saturated heterocycles. The predicted octanol–water partition coefficient (Wildman–Crippen LogP) is 2.33. The second-order valence-electron chi connectivity index (χ2n) is 5.10. The molecule has 2 rings (SSSR count). The SMILES string of the molecule is COc1ccccc1NC(N)=NCCCn1nc(C)cc1C. The molecule has 0 fully saturated rings. The highest BCUT2D eigenvalue weighted by Crippen LogP contribution is 2.22. The molecule has 0 atom stereocenters. The van der Waals surface area contributed by atoms with Crippen molar-refractivity contribution < 1.29 is 4.74 Å². The number of hydrogen-bond acceptors (Lipinski definition) is 3. The Kier molecular flexibility index (Phi) is 5.41. The standard InChI is InChI=1S/C16H23N5O/c1-12-11-13(2)21(20-12)10-6-9-18-16(17)19-14-7-4-5-8-15(14)22-3/h4-5,7-8,11H,6,9-10H2,1-3H3,(H3,17,18,19). The summed E-state index contributed by atoms with van der Waals surface area (Å²) in [6.45, 7) is 5.54. The molecule has 1 aromatic carbocycles. The van der Waals surface area contributed by atoms with Crippen LogP contribution in [0.25, 0.3) is 0 Å². The van der Waals surface area contributed by atoms with E-state index in [-0.39, 0.29) is 0 Å². The van der Waals surface area contributed by atoms with Gasteiger partial charge in [0.25, 0.3) is 0 Å². The summed E-state index contributed by atoms with van der Waals surface area (Å²) in [7, 11) is 1.63. The molecule has 22 heavy (non-hydrogen) atoms. The van der Waals surface area contributed by atoms with Crippen molar-refractivity contribution in [3.8, 4) is 5.75 Å². The quantitative estimate of drug-likeness (QED) is 0.488. The number of aromatic nitrogens is 2. The molecule has 1 heterocycles. The van der Waals surface area contributed by atoms with Gasteiger partial charge >= 0.3 is 0 Å². The molecular formula is C16H23N5O. The van der Waals surface area contributed by atoms with E-state index < -0.39 is 0 Å². The number of hydrogen-bond donors (Lipinski definition) is 2. The third-order valence-electron chi connectivity index (χ3n) is 3.28. The monoisotopic (exact) mass is 301 g/mol. The van der Waals surface area contributed by atoms with Crippen molar-refractivity contribution in [2.24, 2.45) is 10.7 Å². The number of methoxy groups -OCH3 is 1. The number of nitrogens with one attached hydrogen (secondary N) is 1. The van der Waals surface area contributed by atoms with E-state index in [0.717, 1.165) is 30.1 Å². The first-order valence-corrected chi connectivity index (χ1v) is 7.31. The maximum atomic E-state index is 5.90. The first kappa shape index (κ1) is 15.9. The Labute approximate surface area is 131 Å². The van der Waals surface area contributed by atoms with Crippen LogP contribution in [-0.4, -0.2) is 29.4 Å². The number of aryl methyl sites for hydroxylation is 3. The smallest absolute Gasteiger partial charge is 0.193 e. The molecule has 118 valence electrons. The summed E-state index contributed by atoms with van der Waals surface area (Å²) in [6, 6.07) is 9.67. The van der Waals surface area contributed by atoms with E-state index in [1.807, 2.05) is 35.9 Å². The van der Waals surface area contributed by atoms with Crippen LogP contribution >= 0.6 is 0 Å². The zero-order valence-electron chi connectivity index (χ0n) is 13.3. The summed E-state index contributed by atoms with van der Waals surface area (Å²) >= 11 is 0. The molecule has 0 bridgehead atoms. The highest BCUT2D eigenvalue weighted by Gasteiger charge is 2.02. The molecule has 0 spiro atoms. The van der Waals surface area contributed by atoms with Crippen molar-refractivity contribution in [1.82, 2.24) is 9.78 Å². The van der Waals surface area contributed by atoms with Crippen LogP contribution in [0.2, 0.25) is 0 Å². The minimum Gasteiger partial charge on any atom is -0.495 e. The van der Waals surface area contributed by atoms with Crippen LogP contribution in [0.5, 0.6) is 5.75 Å². The summed E-state index contributed by atoms with van der Waals surface area (Å²) in [4.78, 5) is 4.33. The van der Waals surface area contributed by atoms with Gasteiger partial charge in [-0.25, -0.2) is 0 Å². The lowest BCUT2D eigenvalue weighted by Gasteiger charge is -2.10. The van der Waals surface area contributed by atoms with Gasteiger partial charge in [0, 0.05) is 18.8 Å². The van der Waals surface area contributed by atoms with Crippen molar-refractivity contribution in [2.45, 2.75) is 26.8 Å². The normalized spacial score (nSPS) is 11.5. The average Bonchev–Trinajstić information content (AvgIpc) is 2.82. The summed E-state index contributed by atoms with van der Waals surface area (Å²) < 4.78 is 7.26. The van der Waals surface area contributed by atoms with Crippen LogP contribution in [-0.2, 0) is 6.54 Å². The van der Waals surface area contributed by atoms with Gasteiger partial charge in [-0.15, -0.1) is 0 Å². The zero-order valence-corrected chi connectivity index (χ0v) is 13.3. The highest BCUT2D eigenvalue weighted by atomic mass is 16.5. The van der Waals surface area contributed by atoms with E-state index in [2.05, 4.69) is 28.4 Å². The fraction of sp³-hybridized carbons (Fsp3) is 0.375. The third kappa shape index (κ3) is 4.25. The molecule has 0 aliphatic heterocycles. The van der Waals surface area contributed by atoms with Gasteiger partial charge in [-0.05, 0) is 38.5 Å². The maximum absolute atomic E-state index is 5.90. The van der Waals surface area contributed by atoms with Crippen molar-refractivity contribution >= 4 is 11.6 Å². The van der Waals surface area contributed by atoms with Crippen LogP contribution in [0, 0.1) is 13.8 Å². The van der Waals surface area contributed by atoms with E-state index in [0.29, 0.717) is 12.5 Å². The lowest BCUT2D eigenvalue weighted by Crippen LogP contribution is -2.23.